The van der Waals surface area contributed by atoms with Crippen molar-refractivity contribution in [1.29, 1.82) is 0 Å². The van der Waals surface area contributed by atoms with E-state index in [-0.39, 0.29) is 36.8 Å². The predicted octanol–water partition coefficient (Wildman–Crippen LogP) is 2.31. The van der Waals surface area contributed by atoms with Crippen molar-refractivity contribution < 1.29 is 15.0 Å². The lowest BCUT2D eigenvalue weighted by atomic mass is 10.0. The van der Waals surface area contributed by atoms with Crippen molar-refractivity contribution in [2.24, 2.45) is 0 Å². The second-order valence-electron chi connectivity index (χ2n) is 6.98. The lowest BCUT2D eigenvalue weighted by Gasteiger charge is -2.30. The third-order valence-corrected chi connectivity index (χ3v) is 5.17. The molecule has 3 N–H and O–H groups in total. The summed E-state index contributed by atoms with van der Waals surface area (Å²) in [6.07, 6.45) is 3.66. The summed E-state index contributed by atoms with van der Waals surface area (Å²) >= 11 is 0. The number of fused-ring (bicyclic) bond motifs is 2. The molecule has 7 heteroatoms. The second-order valence-corrected chi connectivity index (χ2v) is 6.98. The first-order valence-electron chi connectivity index (χ1n) is 9.23. The highest BCUT2D eigenvalue weighted by Crippen LogP contribution is 2.43. The van der Waals surface area contributed by atoms with Gasteiger partial charge in [0, 0.05) is 30.7 Å². The van der Waals surface area contributed by atoms with Crippen molar-refractivity contribution in [3.63, 3.8) is 0 Å². The molecule has 0 bridgehead atoms. The highest BCUT2D eigenvalue weighted by Gasteiger charge is 2.44. The molecule has 0 aliphatic carbocycles. The number of nitrogens with one attached hydrogen (secondary N) is 1. The van der Waals surface area contributed by atoms with Gasteiger partial charge in [0.25, 0.3) is 0 Å². The highest BCUT2D eigenvalue weighted by atomic mass is 16.3. The van der Waals surface area contributed by atoms with E-state index in [1.807, 2.05) is 55.7 Å². The van der Waals surface area contributed by atoms with Crippen molar-refractivity contribution in [3.05, 3.63) is 66.1 Å². The van der Waals surface area contributed by atoms with Crippen LogP contribution in [-0.2, 0) is 0 Å². The van der Waals surface area contributed by atoms with Crippen LogP contribution in [0.25, 0.3) is 16.6 Å². The van der Waals surface area contributed by atoms with Gasteiger partial charge in [-0.3, -0.25) is 4.90 Å². The predicted molar refractivity (Wildman–Crippen MR) is 108 cm³/mol. The molecule has 0 radical (unpaired) electrons. The van der Waals surface area contributed by atoms with E-state index in [2.05, 4.69) is 9.97 Å². The Morgan fingerprint density at radius 2 is 1.89 bits per heavy atom. The molecule has 0 spiro atoms. The Balaban J connectivity index is 1.83. The summed E-state index contributed by atoms with van der Waals surface area (Å²) in [5, 5.41) is 19.7. The molecule has 1 aliphatic heterocycles. The minimum absolute atomic E-state index is 0.0612. The molecule has 1 aromatic carbocycles. The van der Waals surface area contributed by atoms with Gasteiger partial charge in [-0.15, -0.1) is 0 Å². The number of H-pyrrole nitrogens is 1. The van der Waals surface area contributed by atoms with Crippen molar-refractivity contribution in [2.75, 3.05) is 33.4 Å². The Labute approximate surface area is 162 Å². The van der Waals surface area contributed by atoms with E-state index in [9.17, 15) is 15.0 Å². The average molecular weight is 379 g/mol. The van der Waals surface area contributed by atoms with Crippen LogP contribution in [0.2, 0.25) is 0 Å². The zero-order chi connectivity index (χ0) is 19.7. The number of rotatable bonds is 5. The number of carbonyl (C=O) groups excluding carboxylic acids is 1. The van der Waals surface area contributed by atoms with Crippen LogP contribution >= 0.6 is 0 Å². The zero-order valence-electron chi connectivity index (χ0n) is 15.7. The van der Waals surface area contributed by atoms with Gasteiger partial charge in [-0.25, -0.2) is 9.78 Å². The van der Waals surface area contributed by atoms with Gasteiger partial charge in [0.1, 0.15) is 11.8 Å². The monoisotopic (exact) mass is 379 g/mol. The summed E-state index contributed by atoms with van der Waals surface area (Å²) in [6.45, 7) is 0.0407. The molecule has 1 aliphatic rings. The largest absolute Gasteiger partial charge is 0.428 e. The van der Waals surface area contributed by atoms with Crippen molar-refractivity contribution >= 4 is 28.3 Å². The number of hydrogen-bond acceptors (Lipinski definition) is 4. The molecule has 4 rings (SSSR count). The number of aliphatic hydroxyl groups is 2. The maximum Gasteiger partial charge on any atom is 0.428 e. The fraction of sp³-hybridized carbons (Fsp3) is 0.238. The molecule has 3 aromatic rings. The Morgan fingerprint density at radius 3 is 2.61 bits per heavy atom. The van der Waals surface area contributed by atoms with Gasteiger partial charge in [0.15, 0.2) is 5.69 Å². The van der Waals surface area contributed by atoms with Gasteiger partial charge in [-0.05, 0) is 24.3 Å². The topological polar surface area (TPSA) is 89.5 Å². The SMILES string of the molecule is C[N+]1(C(=O)N(CCO)CCO)C=C(c2cc3cccnc3[nH]2)c2ccccc21. The quantitative estimate of drug-likeness (QED) is 0.594. The molecule has 1 unspecified atom stereocenters. The summed E-state index contributed by atoms with van der Waals surface area (Å²) in [6, 6.07) is 13.5. The molecule has 3 heterocycles. The summed E-state index contributed by atoms with van der Waals surface area (Å²) in [4.78, 5) is 22.6. The number of pyridine rings is 1. The summed E-state index contributed by atoms with van der Waals surface area (Å²) in [7, 11) is 1.83. The minimum Gasteiger partial charge on any atom is -0.395 e. The molecule has 2 amide bonds. The molecule has 1 atom stereocenters. The third-order valence-electron chi connectivity index (χ3n) is 5.17. The lowest BCUT2D eigenvalue weighted by Crippen LogP contribution is -2.54. The molecule has 28 heavy (non-hydrogen) atoms. The third kappa shape index (κ3) is 2.90. The van der Waals surface area contributed by atoms with Crippen LogP contribution in [0.3, 0.4) is 0 Å². The number of para-hydroxylation sites is 1. The molecule has 0 fully saturated rings. The number of nitrogens with zero attached hydrogens (tertiary/aromatic N) is 3. The van der Waals surface area contributed by atoms with E-state index in [1.54, 1.807) is 6.20 Å². The van der Waals surface area contributed by atoms with Crippen LogP contribution in [0.1, 0.15) is 11.3 Å². The van der Waals surface area contributed by atoms with Gasteiger partial charge in [-0.1, -0.05) is 12.1 Å². The standard InChI is InChI=1S/C21H23N4O3/c1-25(21(28)24(9-11-26)10-12-27)14-17(16-6-2-3-7-19(16)25)18-13-15-5-4-8-22-20(15)23-18/h2-8,13-14,26-27H,9-12H2,1H3,(H,22,23)/q+1. The fourth-order valence-electron chi connectivity index (χ4n) is 3.82. The number of aromatic nitrogens is 2. The lowest BCUT2D eigenvalue weighted by molar-refractivity contribution is 0.144. The van der Waals surface area contributed by atoms with Crippen LogP contribution in [0, 0.1) is 0 Å². The van der Waals surface area contributed by atoms with Gasteiger partial charge in [0.2, 0.25) is 0 Å². The maximum absolute atomic E-state index is 13.4. The number of benzene rings is 1. The summed E-state index contributed by atoms with van der Waals surface area (Å²) in [5.41, 5.74) is 4.45. The first kappa shape index (κ1) is 18.4. The number of aliphatic hydroxyl groups excluding tert-OH is 2. The maximum atomic E-state index is 13.4. The zero-order valence-corrected chi connectivity index (χ0v) is 15.7. The van der Waals surface area contributed by atoms with Gasteiger partial charge < -0.3 is 15.2 Å². The van der Waals surface area contributed by atoms with Crippen LogP contribution in [0.4, 0.5) is 10.5 Å². The van der Waals surface area contributed by atoms with E-state index in [0.29, 0.717) is 0 Å². The van der Waals surface area contributed by atoms with Crippen LogP contribution in [0.5, 0.6) is 0 Å². The van der Waals surface area contributed by atoms with Crippen molar-refractivity contribution in [3.8, 4) is 0 Å². The van der Waals surface area contributed by atoms with Crippen molar-refractivity contribution in [2.45, 2.75) is 0 Å². The number of quaternary nitrogens is 1. The molecule has 0 saturated heterocycles. The molecular formula is C21H23N4O3+. The molecule has 144 valence electrons. The fourth-order valence-corrected chi connectivity index (χ4v) is 3.82. The first-order valence-corrected chi connectivity index (χ1v) is 9.23. The smallest absolute Gasteiger partial charge is 0.395 e. The van der Waals surface area contributed by atoms with E-state index < -0.39 is 0 Å². The first-order chi connectivity index (χ1) is 13.6. The normalized spacial score (nSPS) is 18.2. The molecule has 7 nitrogen and oxygen atoms in total. The summed E-state index contributed by atoms with van der Waals surface area (Å²) in [5.74, 6) is 0. The number of urea groups is 1. The number of aromatic amines is 1. The molecular weight excluding hydrogens is 356 g/mol. The average Bonchev–Trinajstić information content (AvgIpc) is 3.27. The highest BCUT2D eigenvalue weighted by molar-refractivity contribution is 6.01. The molecule has 2 aromatic heterocycles. The van der Waals surface area contributed by atoms with Crippen LogP contribution in [-0.4, -0.2) is 64.5 Å². The van der Waals surface area contributed by atoms with E-state index >= 15 is 0 Å². The number of carbonyl (C=O) groups is 1. The summed E-state index contributed by atoms with van der Waals surface area (Å²) < 4.78 is -0.0612. The van der Waals surface area contributed by atoms with E-state index in [4.69, 9.17) is 0 Å². The van der Waals surface area contributed by atoms with E-state index in [0.717, 1.165) is 33.6 Å². The van der Waals surface area contributed by atoms with Crippen LogP contribution < -0.4 is 4.48 Å². The van der Waals surface area contributed by atoms with Gasteiger partial charge in [0.05, 0.1) is 37.1 Å². The Hall–Kier alpha value is -3.00. The van der Waals surface area contributed by atoms with Crippen LogP contribution in [0.15, 0.2) is 54.9 Å². The van der Waals surface area contributed by atoms with Gasteiger partial charge >= 0.3 is 6.03 Å². The number of hydrogen-bond donors (Lipinski definition) is 3. The Bertz CT molecular complexity index is 1020. The number of amides is 2. The van der Waals surface area contributed by atoms with E-state index in [1.165, 1.54) is 4.90 Å². The Kier molecular flexibility index (Phi) is 4.72. The van der Waals surface area contributed by atoms with Crippen molar-refractivity contribution in [1.82, 2.24) is 19.4 Å². The Morgan fingerprint density at radius 1 is 1.14 bits per heavy atom. The van der Waals surface area contributed by atoms with Gasteiger partial charge in [-0.2, -0.15) is 4.48 Å². The second kappa shape index (κ2) is 7.20. The molecule has 0 saturated carbocycles. The minimum atomic E-state index is -0.195.